The van der Waals surface area contributed by atoms with Crippen LogP contribution in [0.25, 0.3) is 0 Å². The molecule has 0 saturated heterocycles. The molecule has 1 aromatic rings. The fraction of sp³-hybridized carbons (Fsp3) is 0.571. The van der Waals surface area contributed by atoms with Crippen molar-refractivity contribution in [3.05, 3.63) is 23.5 Å². The number of amides is 1. The maximum atomic E-state index is 12.0. The van der Waals surface area contributed by atoms with Crippen molar-refractivity contribution in [1.82, 2.24) is 9.88 Å². The first kappa shape index (κ1) is 12.9. The second kappa shape index (κ2) is 4.59. The first-order valence-corrected chi connectivity index (χ1v) is 6.35. The molecular weight excluding hydrogens is 228 g/mol. The molecule has 0 radical (unpaired) electrons. The van der Waals surface area contributed by atoms with Crippen molar-refractivity contribution >= 4 is 11.7 Å². The Balaban J connectivity index is 2.15. The minimum atomic E-state index is -0.0209. The summed E-state index contributed by atoms with van der Waals surface area (Å²) in [4.78, 5) is 22.9. The average molecular weight is 248 g/mol. The topological polar surface area (TPSA) is 51.1 Å². The molecule has 0 bridgehead atoms. The summed E-state index contributed by atoms with van der Waals surface area (Å²) >= 11 is 0. The van der Waals surface area contributed by atoms with Crippen molar-refractivity contribution in [3.8, 4) is 0 Å². The van der Waals surface area contributed by atoms with Crippen LogP contribution in [-0.4, -0.2) is 22.8 Å². The number of ketones is 1. The molecule has 0 unspecified atom stereocenters. The van der Waals surface area contributed by atoms with E-state index in [0.717, 1.165) is 24.2 Å². The van der Waals surface area contributed by atoms with Crippen LogP contribution in [0.2, 0.25) is 0 Å². The summed E-state index contributed by atoms with van der Waals surface area (Å²) in [7, 11) is 0. The van der Waals surface area contributed by atoms with Gasteiger partial charge in [0, 0.05) is 43.9 Å². The maximum absolute atomic E-state index is 12.0. The smallest absolute Gasteiger partial charge is 0.216 e. The Morgan fingerprint density at radius 2 is 2.17 bits per heavy atom. The Labute approximate surface area is 107 Å². The van der Waals surface area contributed by atoms with E-state index in [1.165, 1.54) is 6.92 Å². The van der Waals surface area contributed by atoms with Crippen molar-refractivity contribution in [2.24, 2.45) is 5.41 Å². The van der Waals surface area contributed by atoms with Gasteiger partial charge in [-0.25, -0.2) is 0 Å². The standard InChI is InChI=1S/C14H20N2O2/c1-10(17)15-5-7-16-6-4-11-12(16)8-14(2,3)9-13(11)18/h4,6H,5,7-9H2,1-3H3,(H,15,17). The van der Waals surface area contributed by atoms with Gasteiger partial charge in [0.05, 0.1) is 0 Å². The molecule has 1 N–H and O–H groups in total. The number of carbonyl (C=O) groups is 2. The minimum absolute atomic E-state index is 0.0209. The van der Waals surface area contributed by atoms with Crippen molar-refractivity contribution in [3.63, 3.8) is 0 Å². The lowest BCUT2D eigenvalue weighted by Gasteiger charge is -2.29. The van der Waals surface area contributed by atoms with Gasteiger partial charge < -0.3 is 9.88 Å². The number of fused-ring (bicyclic) bond motifs is 1. The molecule has 18 heavy (non-hydrogen) atoms. The summed E-state index contributed by atoms with van der Waals surface area (Å²) in [5.41, 5.74) is 2.01. The van der Waals surface area contributed by atoms with Crippen LogP contribution in [0.5, 0.6) is 0 Å². The van der Waals surface area contributed by atoms with Gasteiger partial charge >= 0.3 is 0 Å². The van der Waals surface area contributed by atoms with E-state index in [-0.39, 0.29) is 17.1 Å². The molecule has 0 spiro atoms. The van der Waals surface area contributed by atoms with Crippen molar-refractivity contribution < 1.29 is 9.59 Å². The van der Waals surface area contributed by atoms with E-state index >= 15 is 0 Å². The van der Waals surface area contributed by atoms with E-state index in [2.05, 4.69) is 23.7 Å². The summed E-state index contributed by atoms with van der Waals surface area (Å²) in [5.74, 6) is 0.215. The average Bonchev–Trinajstić information content (AvgIpc) is 2.59. The molecule has 1 heterocycles. The molecule has 0 atom stereocenters. The van der Waals surface area contributed by atoms with Gasteiger partial charge in [0.25, 0.3) is 0 Å². The van der Waals surface area contributed by atoms with E-state index in [9.17, 15) is 9.59 Å². The van der Waals surface area contributed by atoms with Gasteiger partial charge in [-0.05, 0) is 17.9 Å². The molecule has 0 aliphatic heterocycles. The number of hydrogen-bond acceptors (Lipinski definition) is 2. The fourth-order valence-electron chi connectivity index (χ4n) is 2.56. The Bertz CT molecular complexity index is 486. The predicted octanol–water partition coefficient (Wildman–Crippen LogP) is 1.78. The van der Waals surface area contributed by atoms with E-state index in [1.54, 1.807) is 0 Å². The van der Waals surface area contributed by atoms with E-state index in [0.29, 0.717) is 13.0 Å². The molecule has 1 aliphatic rings. The molecule has 0 aromatic carbocycles. The lowest BCUT2D eigenvalue weighted by molar-refractivity contribution is -0.118. The van der Waals surface area contributed by atoms with Gasteiger partial charge in [-0.2, -0.15) is 0 Å². The van der Waals surface area contributed by atoms with Gasteiger partial charge in [0.1, 0.15) is 0 Å². The molecular formula is C14H20N2O2. The zero-order valence-corrected chi connectivity index (χ0v) is 11.2. The summed E-state index contributed by atoms with van der Waals surface area (Å²) in [6, 6.07) is 1.90. The molecule has 4 heteroatoms. The zero-order valence-electron chi connectivity index (χ0n) is 11.2. The van der Waals surface area contributed by atoms with Crippen LogP contribution < -0.4 is 5.32 Å². The first-order chi connectivity index (χ1) is 8.39. The van der Waals surface area contributed by atoms with Crippen molar-refractivity contribution in [1.29, 1.82) is 0 Å². The number of carbonyl (C=O) groups excluding carboxylic acids is 2. The van der Waals surface area contributed by atoms with Crippen LogP contribution in [0.4, 0.5) is 0 Å². The van der Waals surface area contributed by atoms with Gasteiger partial charge in [-0.15, -0.1) is 0 Å². The quantitative estimate of drug-likeness (QED) is 0.886. The summed E-state index contributed by atoms with van der Waals surface area (Å²) in [5, 5.41) is 2.78. The monoisotopic (exact) mass is 248 g/mol. The highest BCUT2D eigenvalue weighted by atomic mass is 16.1. The van der Waals surface area contributed by atoms with Crippen molar-refractivity contribution in [2.45, 2.75) is 40.2 Å². The zero-order chi connectivity index (χ0) is 13.3. The number of hydrogen-bond donors (Lipinski definition) is 1. The number of nitrogens with one attached hydrogen (secondary N) is 1. The van der Waals surface area contributed by atoms with Gasteiger partial charge in [0.15, 0.2) is 5.78 Å². The third-order valence-electron chi connectivity index (χ3n) is 3.39. The van der Waals surface area contributed by atoms with Crippen LogP contribution in [0, 0.1) is 5.41 Å². The summed E-state index contributed by atoms with van der Waals surface area (Å²) in [6.07, 6.45) is 3.49. The molecule has 1 aliphatic carbocycles. The van der Waals surface area contributed by atoms with Crippen LogP contribution in [0.3, 0.4) is 0 Å². The predicted molar refractivity (Wildman–Crippen MR) is 69.5 cm³/mol. The Kier molecular flexibility index (Phi) is 3.28. The van der Waals surface area contributed by atoms with Crippen LogP contribution in [0.15, 0.2) is 12.3 Å². The second-order valence-electron chi connectivity index (χ2n) is 5.79. The number of Topliss-reactive ketones (excluding diaryl/α,β-unsaturated/α-hetero) is 1. The highest BCUT2D eigenvalue weighted by Crippen LogP contribution is 2.35. The lowest BCUT2D eigenvalue weighted by atomic mass is 9.76. The molecule has 1 aromatic heterocycles. The molecule has 0 fully saturated rings. The first-order valence-electron chi connectivity index (χ1n) is 6.35. The van der Waals surface area contributed by atoms with E-state index in [1.807, 2.05) is 12.3 Å². The minimum Gasteiger partial charge on any atom is -0.355 e. The molecule has 0 saturated carbocycles. The van der Waals surface area contributed by atoms with E-state index < -0.39 is 0 Å². The largest absolute Gasteiger partial charge is 0.355 e. The third-order valence-corrected chi connectivity index (χ3v) is 3.39. The van der Waals surface area contributed by atoms with Crippen LogP contribution in [0.1, 0.15) is 43.2 Å². The van der Waals surface area contributed by atoms with Crippen molar-refractivity contribution in [2.75, 3.05) is 6.54 Å². The Morgan fingerprint density at radius 3 is 2.83 bits per heavy atom. The van der Waals surface area contributed by atoms with Gasteiger partial charge in [-0.1, -0.05) is 13.8 Å². The molecule has 1 amide bonds. The van der Waals surface area contributed by atoms with Gasteiger partial charge in [0.2, 0.25) is 5.91 Å². The number of rotatable bonds is 3. The Morgan fingerprint density at radius 1 is 1.44 bits per heavy atom. The van der Waals surface area contributed by atoms with Crippen LogP contribution >= 0.6 is 0 Å². The molecule has 98 valence electrons. The number of aromatic nitrogens is 1. The number of nitrogens with zero attached hydrogens (tertiary/aromatic N) is 1. The van der Waals surface area contributed by atoms with Crippen LogP contribution in [-0.2, 0) is 17.8 Å². The summed E-state index contributed by atoms with van der Waals surface area (Å²) in [6.45, 7) is 7.08. The SMILES string of the molecule is CC(=O)NCCn1ccc2c1CC(C)(C)CC2=O. The summed E-state index contributed by atoms with van der Waals surface area (Å²) < 4.78 is 2.09. The highest BCUT2D eigenvalue weighted by molar-refractivity contribution is 5.98. The lowest BCUT2D eigenvalue weighted by Crippen LogP contribution is -2.30. The Hall–Kier alpha value is -1.58. The normalized spacial score (nSPS) is 17.4. The molecule has 2 rings (SSSR count). The van der Waals surface area contributed by atoms with E-state index in [4.69, 9.17) is 0 Å². The fourth-order valence-corrected chi connectivity index (χ4v) is 2.56. The van der Waals surface area contributed by atoms with Gasteiger partial charge in [-0.3, -0.25) is 9.59 Å². The third kappa shape index (κ3) is 2.63. The second-order valence-corrected chi connectivity index (χ2v) is 5.79. The maximum Gasteiger partial charge on any atom is 0.216 e. The molecule has 4 nitrogen and oxygen atoms in total. The highest BCUT2D eigenvalue weighted by Gasteiger charge is 2.32.